The van der Waals surface area contributed by atoms with Crippen LogP contribution in [0, 0.1) is 5.92 Å². The van der Waals surface area contributed by atoms with Gasteiger partial charge >= 0.3 is 0 Å². The van der Waals surface area contributed by atoms with Crippen molar-refractivity contribution in [1.29, 1.82) is 0 Å². The molecule has 0 saturated heterocycles. The van der Waals surface area contributed by atoms with E-state index in [1.54, 1.807) is 12.1 Å². The summed E-state index contributed by atoms with van der Waals surface area (Å²) in [6.07, 6.45) is 0.309. The number of amides is 1. The van der Waals surface area contributed by atoms with E-state index in [1.807, 2.05) is 6.92 Å². The highest BCUT2D eigenvalue weighted by molar-refractivity contribution is 7.90. The number of carbonyl (C=O) groups is 1. The highest BCUT2D eigenvalue weighted by atomic mass is 32.2. The van der Waals surface area contributed by atoms with Crippen LogP contribution in [0.1, 0.15) is 13.3 Å². The zero-order chi connectivity index (χ0) is 14.5. The number of rotatable bonds is 6. The highest BCUT2D eigenvalue weighted by Gasteiger charge is 2.08. The Balaban J connectivity index is 2.69. The van der Waals surface area contributed by atoms with Crippen LogP contribution in [0.2, 0.25) is 0 Å². The molecule has 0 aliphatic heterocycles. The fourth-order valence-corrected chi connectivity index (χ4v) is 1.89. The minimum Gasteiger partial charge on any atom is -0.330 e. The third-order valence-corrected chi connectivity index (χ3v) is 2.86. The fourth-order valence-electron chi connectivity index (χ4n) is 1.44. The Labute approximate surface area is 112 Å². The summed E-state index contributed by atoms with van der Waals surface area (Å²) in [7, 11) is -3.82. The molecule has 1 unspecified atom stereocenters. The molecule has 0 fully saturated rings. The van der Waals surface area contributed by atoms with E-state index < -0.39 is 10.2 Å². The second-order valence-corrected chi connectivity index (χ2v) is 5.62. The minimum atomic E-state index is -3.82. The summed E-state index contributed by atoms with van der Waals surface area (Å²) in [4.78, 5) is 11.6. The normalized spacial score (nSPS) is 12.8. The second-order valence-electron chi connectivity index (χ2n) is 4.32. The Bertz CT molecular complexity index is 545. The van der Waals surface area contributed by atoms with E-state index in [0.717, 1.165) is 0 Å². The Morgan fingerprint density at radius 1 is 1.37 bits per heavy atom. The van der Waals surface area contributed by atoms with Crippen LogP contribution in [-0.4, -0.2) is 20.9 Å². The summed E-state index contributed by atoms with van der Waals surface area (Å²) in [6.45, 7) is 2.30. The average molecular weight is 286 g/mol. The summed E-state index contributed by atoms with van der Waals surface area (Å²) < 4.78 is 23.9. The van der Waals surface area contributed by atoms with E-state index in [-0.39, 0.29) is 17.5 Å². The molecular formula is C11H18N4O3S. The molecule has 0 aromatic heterocycles. The van der Waals surface area contributed by atoms with Gasteiger partial charge in [-0.3, -0.25) is 9.52 Å². The van der Waals surface area contributed by atoms with Crippen LogP contribution in [0.15, 0.2) is 24.3 Å². The molecule has 6 N–H and O–H groups in total. The van der Waals surface area contributed by atoms with Gasteiger partial charge in [0.2, 0.25) is 5.91 Å². The van der Waals surface area contributed by atoms with Gasteiger partial charge in [-0.15, -0.1) is 0 Å². The molecule has 1 aromatic carbocycles. The lowest BCUT2D eigenvalue weighted by Gasteiger charge is -2.10. The number of anilines is 2. The first-order chi connectivity index (χ1) is 8.80. The molecule has 0 bridgehead atoms. The maximum atomic E-state index is 11.6. The van der Waals surface area contributed by atoms with Gasteiger partial charge in [0.1, 0.15) is 0 Å². The average Bonchev–Trinajstić information content (AvgIpc) is 2.26. The van der Waals surface area contributed by atoms with E-state index in [9.17, 15) is 13.2 Å². The van der Waals surface area contributed by atoms with Gasteiger partial charge in [-0.25, -0.2) is 5.14 Å². The maximum absolute atomic E-state index is 11.6. The topological polar surface area (TPSA) is 127 Å². The van der Waals surface area contributed by atoms with Crippen molar-refractivity contribution < 1.29 is 13.2 Å². The van der Waals surface area contributed by atoms with Crippen molar-refractivity contribution in [2.24, 2.45) is 16.8 Å². The zero-order valence-corrected chi connectivity index (χ0v) is 11.4. The molecule has 0 saturated carbocycles. The largest absolute Gasteiger partial charge is 0.330 e. The van der Waals surface area contributed by atoms with Crippen molar-refractivity contribution in [2.45, 2.75) is 13.3 Å². The zero-order valence-electron chi connectivity index (χ0n) is 10.6. The first kappa shape index (κ1) is 15.4. The summed E-state index contributed by atoms with van der Waals surface area (Å²) in [5, 5.41) is 7.53. The molecule has 0 radical (unpaired) electrons. The molecular weight excluding hydrogens is 268 g/mol. The van der Waals surface area contributed by atoms with Crippen molar-refractivity contribution in [3.05, 3.63) is 24.3 Å². The highest BCUT2D eigenvalue weighted by Crippen LogP contribution is 2.16. The van der Waals surface area contributed by atoms with Gasteiger partial charge in [0.05, 0.1) is 5.69 Å². The molecule has 1 aromatic rings. The number of hydrogen-bond acceptors (Lipinski definition) is 4. The quantitative estimate of drug-likeness (QED) is 0.596. The van der Waals surface area contributed by atoms with Crippen molar-refractivity contribution >= 4 is 27.5 Å². The third kappa shape index (κ3) is 6.18. The van der Waals surface area contributed by atoms with Gasteiger partial charge in [0, 0.05) is 12.1 Å². The number of nitrogens with one attached hydrogen (secondary N) is 2. The molecule has 0 spiro atoms. The molecule has 106 valence electrons. The van der Waals surface area contributed by atoms with Crippen LogP contribution >= 0.6 is 0 Å². The van der Waals surface area contributed by atoms with E-state index in [4.69, 9.17) is 10.9 Å². The van der Waals surface area contributed by atoms with E-state index in [2.05, 4.69) is 10.0 Å². The Hall–Kier alpha value is -1.64. The fraction of sp³-hybridized carbons (Fsp3) is 0.364. The first-order valence-electron chi connectivity index (χ1n) is 5.70. The maximum Gasteiger partial charge on any atom is 0.296 e. The molecule has 0 aliphatic carbocycles. The van der Waals surface area contributed by atoms with E-state index >= 15 is 0 Å². The summed E-state index contributed by atoms with van der Waals surface area (Å²) in [5.41, 5.74) is 6.21. The van der Waals surface area contributed by atoms with Gasteiger partial charge in [0.25, 0.3) is 10.2 Å². The Kier molecular flexibility index (Phi) is 5.28. The Morgan fingerprint density at radius 3 is 2.58 bits per heavy atom. The number of carbonyl (C=O) groups excluding carboxylic acids is 1. The lowest BCUT2D eigenvalue weighted by atomic mass is 10.1. The third-order valence-electron chi connectivity index (χ3n) is 2.34. The summed E-state index contributed by atoms with van der Waals surface area (Å²) in [5.74, 6) is -0.0866. The van der Waals surface area contributed by atoms with Crippen LogP contribution in [0.4, 0.5) is 11.4 Å². The lowest BCUT2D eigenvalue weighted by Crippen LogP contribution is -2.22. The monoisotopic (exact) mass is 286 g/mol. The van der Waals surface area contributed by atoms with Crippen molar-refractivity contribution in [3.63, 3.8) is 0 Å². The summed E-state index contributed by atoms with van der Waals surface area (Å²) >= 11 is 0. The molecule has 8 heteroatoms. The van der Waals surface area contributed by atoms with Gasteiger partial charge < -0.3 is 11.1 Å². The smallest absolute Gasteiger partial charge is 0.296 e. The van der Waals surface area contributed by atoms with Crippen molar-refractivity contribution in [3.8, 4) is 0 Å². The van der Waals surface area contributed by atoms with Gasteiger partial charge in [0.15, 0.2) is 0 Å². The van der Waals surface area contributed by atoms with Crippen LogP contribution in [0.25, 0.3) is 0 Å². The van der Waals surface area contributed by atoms with Crippen molar-refractivity contribution in [2.75, 3.05) is 16.6 Å². The van der Waals surface area contributed by atoms with E-state index in [1.165, 1.54) is 12.1 Å². The molecule has 0 aliphatic rings. The van der Waals surface area contributed by atoms with Crippen LogP contribution < -0.4 is 20.9 Å². The molecule has 1 atom stereocenters. The number of nitrogens with two attached hydrogens (primary N) is 2. The Morgan fingerprint density at radius 2 is 2.00 bits per heavy atom. The van der Waals surface area contributed by atoms with E-state index in [0.29, 0.717) is 18.7 Å². The van der Waals surface area contributed by atoms with Gasteiger partial charge in [-0.05, 0) is 30.7 Å². The second kappa shape index (κ2) is 6.50. The minimum absolute atomic E-state index is 0.0886. The predicted molar refractivity (Wildman–Crippen MR) is 74.6 cm³/mol. The summed E-state index contributed by atoms with van der Waals surface area (Å²) in [6, 6.07) is 6.27. The first-order valence-corrected chi connectivity index (χ1v) is 7.25. The molecule has 1 amide bonds. The number of benzene rings is 1. The predicted octanol–water partition coefficient (Wildman–Crippen LogP) is 0.225. The van der Waals surface area contributed by atoms with Gasteiger partial charge in [-0.2, -0.15) is 8.42 Å². The van der Waals surface area contributed by atoms with Crippen LogP contribution in [-0.2, 0) is 15.0 Å². The molecule has 0 heterocycles. The van der Waals surface area contributed by atoms with Gasteiger partial charge in [-0.1, -0.05) is 13.0 Å². The van der Waals surface area contributed by atoms with Crippen LogP contribution in [0.5, 0.6) is 0 Å². The molecule has 7 nitrogen and oxygen atoms in total. The molecule has 19 heavy (non-hydrogen) atoms. The van der Waals surface area contributed by atoms with Crippen molar-refractivity contribution in [1.82, 2.24) is 0 Å². The SMILES string of the molecule is CC(CN)CC(=O)Nc1cccc(NS(N)(=O)=O)c1. The number of hydrogen-bond donors (Lipinski definition) is 4. The molecule has 1 rings (SSSR count). The lowest BCUT2D eigenvalue weighted by molar-refractivity contribution is -0.116. The standard InChI is InChI=1S/C11H18N4O3S/c1-8(7-12)5-11(16)14-9-3-2-4-10(6-9)15-19(13,17)18/h2-4,6,8,15H,5,7,12H2,1H3,(H,14,16)(H2,13,17,18). The van der Waals surface area contributed by atoms with Crippen LogP contribution in [0.3, 0.4) is 0 Å².